The highest BCUT2D eigenvalue weighted by Crippen LogP contribution is 2.38. The molecule has 0 bridgehead atoms. The molecular weight excluding hydrogens is 308 g/mol. The number of pyridine rings is 1. The molecule has 0 aliphatic carbocycles. The fourth-order valence-corrected chi connectivity index (χ4v) is 2.50. The van der Waals surface area contributed by atoms with Crippen molar-refractivity contribution in [1.29, 1.82) is 0 Å². The third-order valence-electron chi connectivity index (χ3n) is 3.46. The van der Waals surface area contributed by atoms with E-state index in [1.165, 1.54) is 24.4 Å². The molecule has 0 spiro atoms. The van der Waals surface area contributed by atoms with Gasteiger partial charge >= 0.3 is 6.18 Å². The van der Waals surface area contributed by atoms with Crippen LogP contribution in [0.25, 0.3) is 5.70 Å². The number of hydrogen-bond acceptors (Lipinski definition) is 2. The highest BCUT2D eigenvalue weighted by molar-refractivity contribution is 5.82. The fourth-order valence-electron chi connectivity index (χ4n) is 2.50. The zero-order chi connectivity index (χ0) is 16.4. The van der Waals surface area contributed by atoms with Crippen LogP contribution in [0, 0.1) is 5.82 Å². The van der Waals surface area contributed by atoms with E-state index in [9.17, 15) is 17.6 Å². The maximum Gasteiger partial charge on any atom is 0.412 e. The number of halogens is 4. The van der Waals surface area contributed by atoms with Crippen LogP contribution in [0.4, 0.5) is 23.2 Å². The Balaban J connectivity index is 2.13. The first-order chi connectivity index (χ1) is 11.0. The van der Waals surface area contributed by atoms with Gasteiger partial charge in [-0.1, -0.05) is 30.4 Å². The van der Waals surface area contributed by atoms with Gasteiger partial charge in [0.05, 0.1) is 11.9 Å². The smallest absolute Gasteiger partial charge is 0.325 e. The monoisotopic (exact) mass is 320 g/mol. The quantitative estimate of drug-likeness (QED) is 0.754. The summed E-state index contributed by atoms with van der Waals surface area (Å²) in [5, 5.41) is 0. The fraction of sp³-hybridized carbons (Fsp3) is 0.118. The molecule has 3 rings (SSSR count). The van der Waals surface area contributed by atoms with Gasteiger partial charge in [0.2, 0.25) is 0 Å². The Morgan fingerprint density at radius 2 is 1.78 bits per heavy atom. The molecule has 23 heavy (non-hydrogen) atoms. The molecule has 118 valence electrons. The van der Waals surface area contributed by atoms with Crippen LogP contribution in [-0.2, 0) is 0 Å². The number of allylic oxidation sites excluding steroid dienone is 2. The minimum atomic E-state index is -4.47. The summed E-state index contributed by atoms with van der Waals surface area (Å²) in [5.41, 5.74) is 0.898. The van der Waals surface area contributed by atoms with E-state index in [1.807, 2.05) is 0 Å². The van der Waals surface area contributed by atoms with Crippen molar-refractivity contribution in [1.82, 2.24) is 4.98 Å². The van der Waals surface area contributed by atoms with Gasteiger partial charge in [0.15, 0.2) is 0 Å². The highest BCUT2D eigenvalue weighted by Gasteiger charge is 2.44. The molecule has 1 aromatic carbocycles. The average Bonchev–Trinajstić information content (AvgIpc) is 2.54. The van der Waals surface area contributed by atoms with Crippen LogP contribution < -0.4 is 4.90 Å². The maximum atomic E-state index is 13.4. The predicted molar refractivity (Wildman–Crippen MR) is 80.1 cm³/mol. The molecule has 1 atom stereocenters. The Morgan fingerprint density at radius 3 is 2.43 bits per heavy atom. The number of hydrogen-bond donors (Lipinski definition) is 0. The summed E-state index contributed by atoms with van der Waals surface area (Å²) in [5.74, 6) is -0.602. The minimum Gasteiger partial charge on any atom is -0.325 e. The predicted octanol–water partition coefficient (Wildman–Crippen LogP) is 4.57. The number of para-hydroxylation sites is 1. The van der Waals surface area contributed by atoms with Gasteiger partial charge in [0.1, 0.15) is 11.9 Å². The van der Waals surface area contributed by atoms with Crippen molar-refractivity contribution in [3.8, 4) is 0 Å². The summed E-state index contributed by atoms with van der Waals surface area (Å²) < 4.78 is 53.7. The van der Waals surface area contributed by atoms with E-state index in [0.717, 1.165) is 17.2 Å². The molecular formula is C17H12F4N2. The van der Waals surface area contributed by atoms with E-state index in [-0.39, 0.29) is 11.3 Å². The Bertz CT molecular complexity index is 751. The molecule has 0 radical (unpaired) electrons. The number of alkyl halides is 3. The van der Waals surface area contributed by atoms with Crippen molar-refractivity contribution in [2.75, 3.05) is 4.90 Å². The van der Waals surface area contributed by atoms with Gasteiger partial charge in [-0.25, -0.2) is 4.39 Å². The van der Waals surface area contributed by atoms with Crippen LogP contribution in [-0.4, -0.2) is 17.2 Å². The van der Waals surface area contributed by atoms with Gasteiger partial charge in [0, 0.05) is 17.4 Å². The Kier molecular flexibility index (Phi) is 3.90. The SMILES string of the molecule is Fc1cncc(C2=CC=CC(C(F)(F)F)N2c2ccccc2)c1. The van der Waals surface area contributed by atoms with Crippen molar-refractivity contribution >= 4 is 11.4 Å². The molecule has 1 unspecified atom stereocenters. The zero-order valence-electron chi connectivity index (χ0n) is 11.8. The maximum absolute atomic E-state index is 13.4. The first-order valence-corrected chi connectivity index (χ1v) is 6.87. The summed E-state index contributed by atoms with van der Waals surface area (Å²) in [4.78, 5) is 4.86. The number of anilines is 1. The third kappa shape index (κ3) is 3.11. The molecule has 1 aliphatic rings. The normalized spacial score (nSPS) is 18.0. The van der Waals surface area contributed by atoms with E-state index < -0.39 is 18.0 Å². The molecule has 0 fully saturated rings. The van der Waals surface area contributed by atoms with Gasteiger partial charge in [-0.05, 0) is 24.3 Å². The summed E-state index contributed by atoms with van der Waals surface area (Å²) in [6.07, 6.45) is 1.81. The van der Waals surface area contributed by atoms with Gasteiger partial charge < -0.3 is 4.90 Å². The summed E-state index contributed by atoms with van der Waals surface area (Å²) >= 11 is 0. The minimum absolute atomic E-state index is 0.244. The van der Waals surface area contributed by atoms with Crippen LogP contribution >= 0.6 is 0 Å². The van der Waals surface area contributed by atoms with E-state index >= 15 is 0 Å². The lowest BCUT2D eigenvalue weighted by Crippen LogP contribution is -2.44. The van der Waals surface area contributed by atoms with Gasteiger partial charge in [0.25, 0.3) is 0 Å². The Morgan fingerprint density at radius 1 is 1.04 bits per heavy atom. The largest absolute Gasteiger partial charge is 0.412 e. The zero-order valence-corrected chi connectivity index (χ0v) is 11.8. The van der Waals surface area contributed by atoms with Crippen LogP contribution in [0.1, 0.15) is 5.56 Å². The van der Waals surface area contributed by atoms with Gasteiger partial charge in [-0.2, -0.15) is 13.2 Å². The molecule has 1 aromatic heterocycles. The average molecular weight is 320 g/mol. The summed E-state index contributed by atoms with van der Waals surface area (Å²) in [6.45, 7) is 0. The molecule has 1 aliphatic heterocycles. The van der Waals surface area contributed by atoms with Crippen molar-refractivity contribution < 1.29 is 17.6 Å². The van der Waals surface area contributed by atoms with Crippen LogP contribution in [0.5, 0.6) is 0 Å². The standard InChI is InChI=1S/C17H12F4N2/c18-13-9-12(10-22-11-13)15-7-4-8-16(17(19,20)21)23(15)14-5-2-1-3-6-14/h1-11,16H. The highest BCUT2D eigenvalue weighted by atomic mass is 19.4. The molecule has 0 N–H and O–H groups in total. The Hall–Kier alpha value is -2.63. The van der Waals surface area contributed by atoms with Crippen LogP contribution in [0.15, 0.2) is 67.0 Å². The van der Waals surface area contributed by atoms with Gasteiger partial charge in [-0.3, -0.25) is 4.98 Å². The topological polar surface area (TPSA) is 16.1 Å². The van der Waals surface area contributed by atoms with E-state index in [2.05, 4.69) is 4.98 Å². The molecule has 2 heterocycles. The van der Waals surface area contributed by atoms with Crippen LogP contribution in [0.3, 0.4) is 0 Å². The lowest BCUT2D eigenvalue weighted by Gasteiger charge is -2.36. The molecule has 0 amide bonds. The van der Waals surface area contributed by atoms with E-state index in [4.69, 9.17) is 0 Å². The van der Waals surface area contributed by atoms with Crippen molar-refractivity contribution in [2.45, 2.75) is 12.2 Å². The first kappa shape index (κ1) is 15.3. The van der Waals surface area contributed by atoms with Gasteiger partial charge in [-0.15, -0.1) is 0 Å². The van der Waals surface area contributed by atoms with E-state index in [0.29, 0.717) is 5.69 Å². The number of nitrogens with zero attached hydrogens (tertiary/aromatic N) is 2. The number of benzene rings is 1. The number of aromatic nitrogens is 1. The van der Waals surface area contributed by atoms with Crippen molar-refractivity contribution in [3.63, 3.8) is 0 Å². The second kappa shape index (κ2) is 5.87. The third-order valence-corrected chi connectivity index (χ3v) is 3.46. The first-order valence-electron chi connectivity index (χ1n) is 6.87. The molecule has 0 saturated heterocycles. The molecule has 2 aromatic rings. The molecule has 0 saturated carbocycles. The molecule has 6 heteroatoms. The number of rotatable bonds is 2. The van der Waals surface area contributed by atoms with Crippen molar-refractivity contribution in [2.24, 2.45) is 0 Å². The molecule has 2 nitrogen and oxygen atoms in total. The van der Waals surface area contributed by atoms with Crippen molar-refractivity contribution in [3.05, 3.63) is 78.4 Å². The second-order valence-electron chi connectivity index (χ2n) is 5.02. The lowest BCUT2D eigenvalue weighted by atomic mass is 10.0. The lowest BCUT2D eigenvalue weighted by molar-refractivity contribution is -0.136. The second-order valence-corrected chi connectivity index (χ2v) is 5.02. The summed E-state index contributed by atoms with van der Waals surface area (Å²) in [6, 6.07) is 7.54. The summed E-state index contributed by atoms with van der Waals surface area (Å²) in [7, 11) is 0. The Labute approximate surface area is 130 Å². The van der Waals surface area contributed by atoms with Crippen LogP contribution in [0.2, 0.25) is 0 Å². The van der Waals surface area contributed by atoms with E-state index in [1.54, 1.807) is 30.3 Å².